The first-order chi connectivity index (χ1) is 29.3. The molecule has 10 rings (SSSR count). The normalized spacial score (nSPS) is 12.8. The molecule has 0 unspecified atom stereocenters. The molecule has 0 N–H and O–H groups in total. The molecule has 0 aromatic heterocycles. The van der Waals surface area contributed by atoms with Gasteiger partial charge < -0.3 is 28.4 Å². The van der Waals surface area contributed by atoms with Gasteiger partial charge in [-0.1, -0.05) is 72.8 Å². The molecule has 2 aliphatic heterocycles. The third kappa shape index (κ3) is 6.98. The summed E-state index contributed by atoms with van der Waals surface area (Å²) < 4.78 is 96.1. The SMILES string of the molecule is Fc1ccccc1Oc1ccc2c(c1)Oc1cc(Oc3ccccc3F)ccc1C2C1c2ccc(Oc3ccccc3F)cc2Oc2cc(Oc3ccccc3F)ccc21. The van der Waals surface area contributed by atoms with Crippen molar-refractivity contribution in [3.8, 4) is 69.0 Å². The molecule has 0 spiro atoms. The highest BCUT2D eigenvalue weighted by Gasteiger charge is 2.41. The number of benzene rings is 8. The van der Waals surface area contributed by atoms with E-state index >= 15 is 0 Å². The topological polar surface area (TPSA) is 55.4 Å². The molecule has 6 nitrogen and oxygen atoms in total. The molecule has 60 heavy (non-hydrogen) atoms. The Morgan fingerprint density at radius 2 is 0.533 bits per heavy atom. The highest BCUT2D eigenvalue weighted by Crippen LogP contribution is 2.59. The van der Waals surface area contributed by atoms with Crippen LogP contribution in [-0.4, -0.2) is 0 Å². The van der Waals surface area contributed by atoms with Gasteiger partial charge in [-0.15, -0.1) is 0 Å². The van der Waals surface area contributed by atoms with Crippen molar-refractivity contribution in [1.82, 2.24) is 0 Å². The van der Waals surface area contributed by atoms with Crippen LogP contribution < -0.4 is 28.4 Å². The van der Waals surface area contributed by atoms with Gasteiger partial charge in [0.1, 0.15) is 46.0 Å². The molecule has 0 radical (unpaired) electrons. The molecule has 2 heterocycles. The Balaban J connectivity index is 1.12. The van der Waals surface area contributed by atoms with Gasteiger partial charge in [0.25, 0.3) is 0 Å². The van der Waals surface area contributed by atoms with Crippen molar-refractivity contribution in [2.24, 2.45) is 0 Å². The Hall–Kier alpha value is -7.72. The van der Waals surface area contributed by atoms with Gasteiger partial charge in [0.05, 0.1) is 0 Å². The summed E-state index contributed by atoms with van der Waals surface area (Å²) >= 11 is 0. The summed E-state index contributed by atoms with van der Waals surface area (Å²) in [5.41, 5.74) is 3.09. The minimum absolute atomic E-state index is 0.0416. The first-order valence-corrected chi connectivity index (χ1v) is 19.0. The second kappa shape index (κ2) is 15.2. The van der Waals surface area contributed by atoms with Crippen LogP contribution in [0.2, 0.25) is 0 Å². The maximum atomic E-state index is 14.7. The first-order valence-electron chi connectivity index (χ1n) is 19.0. The smallest absolute Gasteiger partial charge is 0.165 e. The molecule has 2 aliphatic rings. The zero-order chi connectivity index (χ0) is 40.7. The average molecular weight is 803 g/mol. The molecule has 0 fully saturated rings. The molecule has 0 saturated carbocycles. The zero-order valence-corrected chi connectivity index (χ0v) is 31.3. The van der Waals surface area contributed by atoms with E-state index in [-0.39, 0.29) is 23.0 Å². The van der Waals surface area contributed by atoms with Gasteiger partial charge in [-0.3, -0.25) is 0 Å². The minimum atomic E-state index is -0.526. The molecule has 0 saturated heterocycles. The van der Waals surface area contributed by atoms with Crippen molar-refractivity contribution in [3.63, 3.8) is 0 Å². The van der Waals surface area contributed by atoms with Crippen molar-refractivity contribution in [2.75, 3.05) is 0 Å². The van der Waals surface area contributed by atoms with Crippen LogP contribution in [0.25, 0.3) is 0 Å². The summed E-state index contributed by atoms with van der Waals surface area (Å²) in [4.78, 5) is 0. The molecule has 0 atom stereocenters. The number of rotatable bonds is 9. The van der Waals surface area contributed by atoms with E-state index in [9.17, 15) is 17.6 Å². The Morgan fingerprint density at radius 3 is 0.767 bits per heavy atom. The number of para-hydroxylation sites is 4. The molecular formula is C50H30F4O6. The quantitative estimate of drug-likeness (QED) is 0.136. The standard InChI is InChI=1S/C50H30F4O6/c51-37-9-1-5-13-41(37)55-29-17-21-33-45(25-29)59-46-26-30(56-42-14-6-2-10-38(42)52)18-22-34(46)49(33)50-35-23-19-31(57-43-15-7-3-11-39(43)53)27-47(35)60-48-28-32(20-24-36(48)50)58-44-16-8-4-12-40(44)54/h1-28,49-50H. The highest BCUT2D eigenvalue weighted by atomic mass is 19.1. The molecule has 294 valence electrons. The first kappa shape index (κ1) is 36.6. The summed E-state index contributed by atoms with van der Waals surface area (Å²) in [7, 11) is 0. The Bertz CT molecular complexity index is 2540. The van der Waals surface area contributed by atoms with Crippen molar-refractivity contribution in [2.45, 2.75) is 11.8 Å². The van der Waals surface area contributed by atoms with Gasteiger partial charge in [-0.05, 0) is 72.8 Å². The minimum Gasteiger partial charge on any atom is -0.456 e. The van der Waals surface area contributed by atoms with Crippen LogP contribution in [0.15, 0.2) is 170 Å². The summed E-state index contributed by atoms with van der Waals surface area (Å²) in [6.45, 7) is 0. The van der Waals surface area contributed by atoms with E-state index in [0.717, 1.165) is 22.3 Å². The lowest BCUT2D eigenvalue weighted by atomic mass is 9.71. The maximum absolute atomic E-state index is 14.7. The van der Waals surface area contributed by atoms with Crippen molar-refractivity contribution >= 4 is 0 Å². The largest absolute Gasteiger partial charge is 0.456 e. The van der Waals surface area contributed by atoms with Crippen LogP contribution in [0.5, 0.6) is 69.0 Å². The molecule has 8 aromatic carbocycles. The van der Waals surface area contributed by atoms with Gasteiger partial charge in [0, 0.05) is 58.4 Å². The van der Waals surface area contributed by atoms with Crippen molar-refractivity contribution < 1.29 is 46.0 Å². The van der Waals surface area contributed by atoms with Crippen LogP contribution in [0.3, 0.4) is 0 Å². The Labute approximate surface area is 341 Å². The number of hydrogen-bond acceptors (Lipinski definition) is 6. The number of hydrogen-bond donors (Lipinski definition) is 0. The molecule has 0 bridgehead atoms. The Kier molecular flexibility index (Phi) is 9.29. The fraction of sp³-hybridized carbons (Fsp3) is 0.0400. The van der Waals surface area contributed by atoms with Gasteiger partial charge >= 0.3 is 0 Å². The van der Waals surface area contributed by atoms with E-state index in [1.165, 1.54) is 48.5 Å². The van der Waals surface area contributed by atoms with Crippen LogP contribution in [-0.2, 0) is 0 Å². The van der Waals surface area contributed by atoms with Crippen molar-refractivity contribution in [3.05, 3.63) is 215 Å². The van der Waals surface area contributed by atoms with Gasteiger partial charge in [0.2, 0.25) is 0 Å². The average Bonchev–Trinajstić information content (AvgIpc) is 3.25. The second-order valence-electron chi connectivity index (χ2n) is 14.1. The lowest BCUT2D eigenvalue weighted by Gasteiger charge is -2.38. The fourth-order valence-electron chi connectivity index (χ4n) is 7.60. The third-order valence-electron chi connectivity index (χ3n) is 10.3. The van der Waals surface area contributed by atoms with E-state index in [1.54, 1.807) is 97.1 Å². The summed E-state index contributed by atoms with van der Waals surface area (Å²) in [6, 6.07) is 45.7. The molecule has 0 aliphatic carbocycles. The van der Waals surface area contributed by atoms with Crippen LogP contribution in [0, 0.1) is 23.3 Å². The van der Waals surface area contributed by atoms with E-state index in [2.05, 4.69) is 0 Å². The van der Waals surface area contributed by atoms with E-state index in [0.29, 0.717) is 46.0 Å². The van der Waals surface area contributed by atoms with Crippen molar-refractivity contribution in [1.29, 1.82) is 0 Å². The van der Waals surface area contributed by atoms with Crippen LogP contribution >= 0.6 is 0 Å². The lowest BCUT2D eigenvalue weighted by molar-refractivity contribution is 0.395. The predicted octanol–water partition coefficient (Wildman–Crippen LogP) is 14.6. The summed E-state index contributed by atoms with van der Waals surface area (Å²) in [5.74, 6) is 0.167. The van der Waals surface area contributed by atoms with E-state index < -0.39 is 35.1 Å². The van der Waals surface area contributed by atoms with E-state index in [1.807, 2.05) is 24.3 Å². The van der Waals surface area contributed by atoms with E-state index in [4.69, 9.17) is 28.4 Å². The molecule has 0 amide bonds. The van der Waals surface area contributed by atoms with Crippen LogP contribution in [0.4, 0.5) is 17.6 Å². The molecule has 8 aromatic rings. The molecule has 10 heteroatoms. The number of halogens is 4. The highest BCUT2D eigenvalue weighted by molar-refractivity contribution is 5.65. The second-order valence-corrected chi connectivity index (χ2v) is 14.1. The molecular weight excluding hydrogens is 773 g/mol. The maximum Gasteiger partial charge on any atom is 0.165 e. The predicted molar refractivity (Wildman–Crippen MR) is 215 cm³/mol. The van der Waals surface area contributed by atoms with Gasteiger partial charge in [0.15, 0.2) is 46.3 Å². The van der Waals surface area contributed by atoms with Gasteiger partial charge in [-0.25, -0.2) is 17.6 Å². The number of ether oxygens (including phenoxy) is 6. The monoisotopic (exact) mass is 802 g/mol. The summed E-state index contributed by atoms with van der Waals surface area (Å²) in [6.07, 6.45) is 0. The zero-order valence-electron chi connectivity index (χ0n) is 31.3. The lowest BCUT2D eigenvalue weighted by Crippen LogP contribution is -2.22. The van der Waals surface area contributed by atoms with Crippen LogP contribution in [0.1, 0.15) is 34.1 Å². The Morgan fingerprint density at radius 1 is 0.300 bits per heavy atom. The third-order valence-corrected chi connectivity index (χ3v) is 10.3. The van der Waals surface area contributed by atoms with Gasteiger partial charge in [-0.2, -0.15) is 0 Å². The fourth-order valence-corrected chi connectivity index (χ4v) is 7.60. The number of fused-ring (bicyclic) bond motifs is 4. The summed E-state index contributed by atoms with van der Waals surface area (Å²) in [5, 5.41) is 0.